The second kappa shape index (κ2) is 8.94. The molecule has 2 aromatic carbocycles. The molecule has 1 aromatic heterocycles. The van der Waals surface area contributed by atoms with Gasteiger partial charge in [0.25, 0.3) is 5.91 Å². The first-order valence-corrected chi connectivity index (χ1v) is 8.86. The Morgan fingerprint density at radius 1 is 1.07 bits per heavy atom. The third kappa shape index (κ3) is 4.82. The minimum absolute atomic E-state index is 0.0366. The summed E-state index contributed by atoms with van der Waals surface area (Å²) in [6, 6.07) is 16.7. The zero-order chi connectivity index (χ0) is 19.9. The normalized spacial score (nSPS) is 11.5. The third-order valence-corrected chi connectivity index (χ3v) is 3.89. The van der Waals surface area contributed by atoms with Gasteiger partial charge in [0.1, 0.15) is 0 Å². The summed E-state index contributed by atoms with van der Waals surface area (Å²) in [4.78, 5) is 12.3. The molecule has 3 aromatic rings. The van der Waals surface area contributed by atoms with Crippen molar-refractivity contribution in [1.82, 2.24) is 10.2 Å². The highest BCUT2D eigenvalue weighted by Crippen LogP contribution is 2.21. The number of nitrogens with one attached hydrogen (secondary N) is 1. The van der Waals surface area contributed by atoms with E-state index in [4.69, 9.17) is 9.47 Å². The molecule has 3 rings (SSSR count). The number of ether oxygens (including phenoxy) is 2. The topological polar surface area (TPSA) is 73.3 Å². The molecule has 1 amide bonds. The first-order chi connectivity index (χ1) is 13.6. The van der Waals surface area contributed by atoms with E-state index in [1.165, 1.54) is 12.1 Å². The minimum Gasteiger partial charge on any atom is -0.478 e. The zero-order valence-electron chi connectivity index (χ0n) is 15.6. The molecular weight excluding hydrogens is 361 g/mol. The van der Waals surface area contributed by atoms with Crippen LogP contribution in [0.5, 0.6) is 11.6 Å². The average molecular weight is 381 g/mol. The van der Waals surface area contributed by atoms with Crippen LogP contribution in [0.15, 0.2) is 60.7 Å². The Kier molecular flexibility index (Phi) is 6.16. The summed E-state index contributed by atoms with van der Waals surface area (Å²) in [5, 5.41) is 10.9. The van der Waals surface area contributed by atoms with Gasteiger partial charge in [-0.2, -0.15) is 0 Å². The van der Waals surface area contributed by atoms with E-state index < -0.39 is 11.9 Å². The van der Waals surface area contributed by atoms with E-state index >= 15 is 0 Å². The van der Waals surface area contributed by atoms with E-state index in [1.807, 2.05) is 25.1 Å². The lowest BCUT2D eigenvalue weighted by molar-refractivity contribution is -0.122. The fraction of sp³-hybridized carbons (Fsp3) is 0.190. The van der Waals surface area contributed by atoms with Crippen molar-refractivity contribution in [1.29, 1.82) is 0 Å². The van der Waals surface area contributed by atoms with Crippen LogP contribution in [0.3, 0.4) is 0 Å². The Bertz CT molecular complexity index is 930. The van der Waals surface area contributed by atoms with Crippen molar-refractivity contribution in [2.45, 2.75) is 20.0 Å². The average Bonchev–Trinajstić information content (AvgIpc) is 2.71. The van der Waals surface area contributed by atoms with E-state index in [2.05, 4.69) is 15.5 Å². The third-order valence-electron chi connectivity index (χ3n) is 3.89. The molecule has 7 heteroatoms. The molecule has 0 aliphatic heterocycles. The molecule has 0 saturated heterocycles. The zero-order valence-corrected chi connectivity index (χ0v) is 15.6. The predicted octanol–water partition coefficient (Wildman–Crippen LogP) is 4.09. The molecule has 28 heavy (non-hydrogen) atoms. The number of amides is 1. The molecule has 0 radical (unpaired) electrons. The van der Waals surface area contributed by atoms with Crippen LogP contribution in [0.4, 0.5) is 10.1 Å². The van der Waals surface area contributed by atoms with Gasteiger partial charge in [-0.1, -0.05) is 24.3 Å². The van der Waals surface area contributed by atoms with E-state index in [0.717, 1.165) is 5.56 Å². The maximum atomic E-state index is 13.6. The van der Waals surface area contributed by atoms with E-state index in [1.54, 1.807) is 37.3 Å². The van der Waals surface area contributed by atoms with Crippen LogP contribution in [-0.4, -0.2) is 28.8 Å². The lowest BCUT2D eigenvalue weighted by atomic mass is 10.1. The number of halogens is 1. The molecule has 1 atom stereocenters. The molecule has 1 unspecified atom stereocenters. The molecule has 0 saturated carbocycles. The van der Waals surface area contributed by atoms with Crippen molar-refractivity contribution < 1.29 is 18.7 Å². The van der Waals surface area contributed by atoms with Crippen molar-refractivity contribution in [3.8, 4) is 22.9 Å². The predicted molar refractivity (Wildman–Crippen MR) is 104 cm³/mol. The van der Waals surface area contributed by atoms with Crippen LogP contribution in [0.25, 0.3) is 11.3 Å². The smallest absolute Gasteiger partial charge is 0.265 e. The molecule has 6 nitrogen and oxygen atoms in total. The van der Waals surface area contributed by atoms with E-state index in [9.17, 15) is 9.18 Å². The maximum absolute atomic E-state index is 13.6. The number of hydrogen-bond donors (Lipinski definition) is 1. The van der Waals surface area contributed by atoms with E-state index in [-0.39, 0.29) is 11.7 Å². The number of aromatic nitrogens is 2. The Morgan fingerprint density at radius 2 is 1.82 bits per heavy atom. The van der Waals surface area contributed by atoms with Crippen LogP contribution < -0.4 is 14.8 Å². The standard InChI is InChI=1S/C21H20FN3O3/c1-3-27-20-13-12-18(24-25-20)15-8-10-16(11-9-15)23-21(26)14(2)28-19-7-5-4-6-17(19)22/h4-14H,3H2,1-2H3,(H,23,26). The molecule has 0 aliphatic carbocycles. The number of carbonyl (C=O) groups is 1. The number of hydrogen-bond acceptors (Lipinski definition) is 5. The van der Waals surface area contributed by atoms with Crippen molar-refractivity contribution in [3.63, 3.8) is 0 Å². The second-order valence-corrected chi connectivity index (χ2v) is 5.95. The van der Waals surface area contributed by atoms with Gasteiger partial charge < -0.3 is 14.8 Å². The van der Waals surface area contributed by atoms with Crippen LogP contribution in [0, 0.1) is 5.82 Å². The first-order valence-electron chi connectivity index (χ1n) is 8.86. The van der Waals surface area contributed by atoms with Crippen molar-refractivity contribution in [2.75, 3.05) is 11.9 Å². The molecule has 1 heterocycles. The lowest BCUT2D eigenvalue weighted by Gasteiger charge is -2.15. The fourth-order valence-electron chi connectivity index (χ4n) is 2.45. The number of carbonyl (C=O) groups excluding carboxylic acids is 1. The summed E-state index contributed by atoms with van der Waals surface area (Å²) in [6.45, 7) is 3.97. The summed E-state index contributed by atoms with van der Waals surface area (Å²) in [6.07, 6.45) is -0.853. The van der Waals surface area contributed by atoms with Crippen molar-refractivity contribution in [2.24, 2.45) is 0 Å². The molecule has 0 spiro atoms. The molecule has 144 valence electrons. The van der Waals surface area contributed by atoms with E-state index in [0.29, 0.717) is 23.9 Å². The summed E-state index contributed by atoms with van der Waals surface area (Å²) in [7, 11) is 0. The molecule has 0 aliphatic rings. The largest absolute Gasteiger partial charge is 0.478 e. The number of rotatable bonds is 7. The summed E-state index contributed by atoms with van der Waals surface area (Å²) >= 11 is 0. The van der Waals surface area contributed by atoms with Gasteiger partial charge in [-0.15, -0.1) is 10.2 Å². The highest BCUT2D eigenvalue weighted by Gasteiger charge is 2.16. The lowest BCUT2D eigenvalue weighted by Crippen LogP contribution is -2.30. The summed E-state index contributed by atoms with van der Waals surface area (Å²) < 4.78 is 24.3. The number of nitrogens with zero attached hydrogens (tertiary/aromatic N) is 2. The summed E-state index contributed by atoms with van der Waals surface area (Å²) in [5.74, 6) is -0.381. The van der Waals surface area contributed by atoms with Gasteiger partial charge in [0, 0.05) is 17.3 Å². The first kappa shape index (κ1) is 19.3. The Labute approximate surface area is 162 Å². The number of benzene rings is 2. The van der Waals surface area contributed by atoms with Gasteiger partial charge in [0.2, 0.25) is 5.88 Å². The Hall–Kier alpha value is -3.48. The SMILES string of the molecule is CCOc1ccc(-c2ccc(NC(=O)C(C)Oc3ccccc3F)cc2)nn1. The Morgan fingerprint density at radius 3 is 2.46 bits per heavy atom. The molecular formula is C21H20FN3O3. The quantitative estimate of drug-likeness (QED) is 0.667. The minimum atomic E-state index is -0.853. The van der Waals surface area contributed by atoms with Crippen LogP contribution in [0.1, 0.15) is 13.8 Å². The van der Waals surface area contributed by atoms with Gasteiger partial charge >= 0.3 is 0 Å². The van der Waals surface area contributed by atoms with Crippen LogP contribution >= 0.6 is 0 Å². The van der Waals surface area contributed by atoms with Crippen molar-refractivity contribution >= 4 is 11.6 Å². The number of para-hydroxylation sites is 1. The fourth-order valence-corrected chi connectivity index (χ4v) is 2.45. The monoisotopic (exact) mass is 381 g/mol. The molecule has 0 bridgehead atoms. The van der Waals surface area contributed by atoms with Gasteiger partial charge in [-0.05, 0) is 44.2 Å². The van der Waals surface area contributed by atoms with Gasteiger partial charge in [0.05, 0.1) is 12.3 Å². The highest BCUT2D eigenvalue weighted by atomic mass is 19.1. The van der Waals surface area contributed by atoms with Crippen LogP contribution in [-0.2, 0) is 4.79 Å². The molecule has 1 N–H and O–H groups in total. The maximum Gasteiger partial charge on any atom is 0.265 e. The van der Waals surface area contributed by atoms with Gasteiger partial charge in [-0.25, -0.2) is 4.39 Å². The van der Waals surface area contributed by atoms with Crippen LogP contribution in [0.2, 0.25) is 0 Å². The second-order valence-electron chi connectivity index (χ2n) is 5.95. The molecule has 0 fully saturated rings. The van der Waals surface area contributed by atoms with Gasteiger partial charge in [-0.3, -0.25) is 4.79 Å². The Balaban J connectivity index is 1.61. The highest BCUT2D eigenvalue weighted by molar-refractivity contribution is 5.94. The van der Waals surface area contributed by atoms with Crippen molar-refractivity contribution in [3.05, 3.63) is 66.5 Å². The number of anilines is 1. The summed E-state index contributed by atoms with van der Waals surface area (Å²) in [5.41, 5.74) is 2.14. The van der Waals surface area contributed by atoms with Gasteiger partial charge in [0.15, 0.2) is 17.7 Å².